The second-order valence-corrected chi connectivity index (χ2v) is 5.36. The molecule has 0 fully saturated rings. The van der Waals surface area contributed by atoms with Crippen LogP contribution in [0.25, 0.3) is 0 Å². The van der Waals surface area contributed by atoms with E-state index < -0.39 is 0 Å². The Hall–Kier alpha value is -1.91. The monoisotopic (exact) mass is 279 g/mol. The molecule has 1 rings (SSSR count). The Bertz CT molecular complexity index is 427. The fraction of sp³-hybridized carbons (Fsp3) is 0.533. The van der Waals surface area contributed by atoms with E-state index in [1.165, 1.54) is 0 Å². The third-order valence-corrected chi connectivity index (χ3v) is 3.27. The van der Waals surface area contributed by atoms with Crippen molar-refractivity contribution < 1.29 is 9.94 Å². The van der Waals surface area contributed by atoms with Crippen LogP contribution in [0.15, 0.2) is 29.4 Å². The van der Waals surface area contributed by atoms with Crippen LogP contribution in [0.3, 0.4) is 0 Å². The molecule has 0 aliphatic carbocycles. The summed E-state index contributed by atoms with van der Waals surface area (Å²) in [5, 5.41) is 15.1. The molecule has 20 heavy (non-hydrogen) atoms. The molecule has 0 radical (unpaired) electrons. The molecule has 5 nitrogen and oxygen atoms in total. The molecule has 0 spiro atoms. The van der Waals surface area contributed by atoms with Gasteiger partial charge >= 0.3 is 0 Å². The van der Waals surface area contributed by atoms with Crippen LogP contribution in [-0.4, -0.2) is 24.2 Å². The highest BCUT2D eigenvalue weighted by Gasteiger charge is 2.22. The van der Waals surface area contributed by atoms with Crippen molar-refractivity contribution >= 4 is 11.5 Å². The summed E-state index contributed by atoms with van der Waals surface area (Å²) in [5.41, 5.74) is 6.44. The average molecular weight is 279 g/mol. The number of nitrogens with zero attached hydrogens (tertiary/aromatic N) is 1. The number of hydrogen-bond donors (Lipinski definition) is 3. The number of amidine groups is 1. The van der Waals surface area contributed by atoms with Crippen LogP contribution in [0.4, 0.5) is 5.69 Å². The van der Waals surface area contributed by atoms with Crippen molar-refractivity contribution in [1.29, 1.82) is 0 Å². The van der Waals surface area contributed by atoms with E-state index in [0.717, 1.165) is 30.8 Å². The van der Waals surface area contributed by atoms with Gasteiger partial charge in [-0.3, -0.25) is 0 Å². The first-order valence-electron chi connectivity index (χ1n) is 6.94. The zero-order valence-electron chi connectivity index (χ0n) is 12.5. The number of nitrogens with one attached hydrogen (secondary N) is 1. The van der Waals surface area contributed by atoms with Crippen molar-refractivity contribution in [3.05, 3.63) is 24.3 Å². The molecule has 112 valence electrons. The van der Waals surface area contributed by atoms with Crippen LogP contribution in [0.5, 0.6) is 5.75 Å². The minimum atomic E-state index is -0.282. The van der Waals surface area contributed by atoms with E-state index in [1.54, 1.807) is 0 Å². The first-order chi connectivity index (χ1) is 9.49. The van der Waals surface area contributed by atoms with Crippen LogP contribution < -0.4 is 15.8 Å². The molecule has 1 aromatic carbocycles. The maximum atomic E-state index is 8.71. The van der Waals surface area contributed by atoms with Crippen molar-refractivity contribution in [2.24, 2.45) is 16.3 Å². The summed E-state index contributed by atoms with van der Waals surface area (Å²) in [4.78, 5) is 0. The first kappa shape index (κ1) is 16.1. The molecule has 0 aliphatic heterocycles. The average Bonchev–Trinajstić information content (AvgIpc) is 2.44. The van der Waals surface area contributed by atoms with E-state index in [1.807, 2.05) is 45.0 Å². The van der Waals surface area contributed by atoms with Crippen LogP contribution in [0.2, 0.25) is 0 Å². The van der Waals surface area contributed by atoms with Crippen LogP contribution in [0, 0.1) is 5.41 Å². The first-order valence-corrected chi connectivity index (χ1v) is 6.94. The van der Waals surface area contributed by atoms with Crippen molar-refractivity contribution in [3.8, 4) is 5.75 Å². The summed E-state index contributed by atoms with van der Waals surface area (Å²) in [6.45, 7) is 7.43. The largest absolute Gasteiger partial charge is 0.494 e. The predicted molar refractivity (Wildman–Crippen MR) is 82.5 cm³/mol. The van der Waals surface area contributed by atoms with Crippen LogP contribution in [0.1, 0.15) is 33.6 Å². The van der Waals surface area contributed by atoms with Gasteiger partial charge in [-0.15, -0.1) is 0 Å². The van der Waals surface area contributed by atoms with Gasteiger partial charge in [0.1, 0.15) is 11.6 Å². The molecule has 0 amide bonds. The zero-order chi connectivity index (χ0) is 15.0. The fourth-order valence-corrected chi connectivity index (χ4v) is 1.86. The van der Waals surface area contributed by atoms with Gasteiger partial charge in [-0.25, -0.2) is 0 Å². The molecule has 0 bridgehead atoms. The highest BCUT2D eigenvalue weighted by atomic mass is 16.5. The molecule has 0 saturated heterocycles. The third kappa shape index (κ3) is 4.99. The van der Waals surface area contributed by atoms with Gasteiger partial charge in [0.15, 0.2) is 0 Å². The Balaban J connectivity index is 2.34. The Labute approximate surface area is 120 Å². The minimum Gasteiger partial charge on any atom is -0.494 e. The molecular formula is C15H25N3O2. The van der Waals surface area contributed by atoms with E-state index in [2.05, 4.69) is 10.5 Å². The predicted octanol–water partition coefficient (Wildman–Crippen LogP) is 3.05. The number of ether oxygens (including phenoxy) is 1. The quantitative estimate of drug-likeness (QED) is 0.225. The Morgan fingerprint density at radius 1 is 1.35 bits per heavy atom. The second kappa shape index (κ2) is 7.62. The minimum absolute atomic E-state index is 0.276. The zero-order valence-corrected chi connectivity index (χ0v) is 12.5. The summed E-state index contributed by atoms with van der Waals surface area (Å²) >= 11 is 0. The van der Waals surface area contributed by atoms with E-state index in [0.29, 0.717) is 6.61 Å². The SMILES string of the molecule is CCOc1ccc(NCCCC(C)(C)C(N)=NO)cc1. The van der Waals surface area contributed by atoms with Crippen molar-refractivity contribution in [1.82, 2.24) is 0 Å². The molecule has 0 heterocycles. The van der Waals surface area contributed by atoms with Gasteiger partial charge in [-0.05, 0) is 44.0 Å². The summed E-state index contributed by atoms with van der Waals surface area (Å²) in [7, 11) is 0. The van der Waals surface area contributed by atoms with E-state index in [4.69, 9.17) is 15.7 Å². The smallest absolute Gasteiger partial charge is 0.144 e. The summed E-state index contributed by atoms with van der Waals surface area (Å²) < 4.78 is 5.39. The highest BCUT2D eigenvalue weighted by Crippen LogP contribution is 2.22. The number of nitrogens with two attached hydrogens (primary N) is 1. The Morgan fingerprint density at radius 3 is 2.55 bits per heavy atom. The van der Waals surface area contributed by atoms with Gasteiger partial charge in [0.05, 0.1) is 6.61 Å². The van der Waals surface area contributed by atoms with Gasteiger partial charge in [0.2, 0.25) is 0 Å². The Morgan fingerprint density at radius 2 is 2.00 bits per heavy atom. The number of rotatable bonds is 8. The molecule has 0 unspecified atom stereocenters. The lowest BCUT2D eigenvalue weighted by Gasteiger charge is -2.22. The van der Waals surface area contributed by atoms with Gasteiger partial charge < -0.3 is 21.0 Å². The number of hydrogen-bond acceptors (Lipinski definition) is 4. The summed E-state index contributed by atoms with van der Waals surface area (Å²) in [6.07, 6.45) is 1.79. The van der Waals surface area contributed by atoms with E-state index in [9.17, 15) is 0 Å². The summed E-state index contributed by atoms with van der Waals surface area (Å²) in [6, 6.07) is 7.90. The fourth-order valence-electron chi connectivity index (χ4n) is 1.86. The topological polar surface area (TPSA) is 79.9 Å². The van der Waals surface area contributed by atoms with Crippen molar-refractivity contribution in [2.45, 2.75) is 33.6 Å². The van der Waals surface area contributed by atoms with Gasteiger partial charge in [-0.1, -0.05) is 19.0 Å². The normalized spacial score (nSPS) is 12.2. The highest BCUT2D eigenvalue weighted by molar-refractivity contribution is 5.85. The van der Waals surface area contributed by atoms with Gasteiger partial charge in [0, 0.05) is 17.6 Å². The van der Waals surface area contributed by atoms with E-state index >= 15 is 0 Å². The Kier molecular flexibility index (Phi) is 6.15. The molecule has 0 saturated carbocycles. The van der Waals surface area contributed by atoms with Crippen molar-refractivity contribution in [3.63, 3.8) is 0 Å². The lowest BCUT2D eigenvalue weighted by Crippen LogP contribution is -2.32. The lowest BCUT2D eigenvalue weighted by atomic mass is 9.86. The van der Waals surface area contributed by atoms with Crippen molar-refractivity contribution in [2.75, 3.05) is 18.5 Å². The number of benzene rings is 1. The number of anilines is 1. The molecule has 1 aromatic rings. The standard InChI is InChI=1S/C15H25N3O2/c1-4-20-13-8-6-12(7-9-13)17-11-5-10-15(2,3)14(16)18-19/h6-9,17,19H,4-5,10-11H2,1-3H3,(H2,16,18). The molecular weight excluding hydrogens is 254 g/mol. The maximum absolute atomic E-state index is 8.71. The lowest BCUT2D eigenvalue weighted by molar-refractivity contribution is 0.305. The number of oxime groups is 1. The second-order valence-electron chi connectivity index (χ2n) is 5.36. The maximum Gasteiger partial charge on any atom is 0.144 e. The molecule has 4 N–H and O–H groups in total. The van der Waals surface area contributed by atoms with Gasteiger partial charge in [0.25, 0.3) is 0 Å². The van der Waals surface area contributed by atoms with Gasteiger partial charge in [-0.2, -0.15) is 0 Å². The molecule has 0 atom stereocenters. The molecule has 0 aliphatic rings. The summed E-state index contributed by atoms with van der Waals surface area (Å²) in [5.74, 6) is 1.16. The van der Waals surface area contributed by atoms with Crippen LogP contribution >= 0.6 is 0 Å². The molecule has 0 aromatic heterocycles. The third-order valence-electron chi connectivity index (χ3n) is 3.27. The van der Waals surface area contributed by atoms with E-state index in [-0.39, 0.29) is 11.3 Å². The molecule has 5 heteroatoms. The van der Waals surface area contributed by atoms with Crippen LogP contribution in [-0.2, 0) is 0 Å².